The summed E-state index contributed by atoms with van der Waals surface area (Å²) in [6.07, 6.45) is 1.01. The Morgan fingerprint density at radius 3 is 2.67 bits per heavy atom. The lowest BCUT2D eigenvalue weighted by atomic mass is 10.1. The first-order valence-electron chi connectivity index (χ1n) is 7.29. The molecule has 128 valence electrons. The lowest BCUT2D eigenvalue weighted by molar-refractivity contribution is -0.116. The van der Waals surface area contributed by atoms with E-state index in [9.17, 15) is 9.59 Å². The van der Waals surface area contributed by atoms with Crippen molar-refractivity contribution in [3.05, 3.63) is 35.5 Å². The first kappa shape index (κ1) is 18.3. The molecule has 2 rings (SSSR count). The Morgan fingerprint density at radius 2 is 2.04 bits per heavy atom. The largest absolute Gasteiger partial charge is 0.497 e. The lowest BCUT2D eigenvalue weighted by Gasteiger charge is -2.04. The number of nitrogens with one attached hydrogen (secondary N) is 1. The number of anilines is 1. The van der Waals surface area contributed by atoms with Crippen molar-refractivity contribution in [2.45, 2.75) is 24.0 Å². The van der Waals surface area contributed by atoms with E-state index >= 15 is 0 Å². The third-order valence-electron chi connectivity index (χ3n) is 3.15. The molecule has 0 atom stereocenters. The van der Waals surface area contributed by atoms with Crippen molar-refractivity contribution in [2.75, 3.05) is 18.2 Å². The zero-order valence-electron chi connectivity index (χ0n) is 13.5. The van der Waals surface area contributed by atoms with Gasteiger partial charge < -0.3 is 15.8 Å². The zero-order chi connectivity index (χ0) is 17.5. The summed E-state index contributed by atoms with van der Waals surface area (Å²) in [5.41, 5.74) is 6.99. The number of carbonyl (C=O) groups excluding carboxylic acids is 2. The van der Waals surface area contributed by atoms with Gasteiger partial charge in [-0.15, -0.1) is 11.8 Å². The Bertz CT molecular complexity index is 714. The van der Waals surface area contributed by atoms with E-state index in [1.54, 1.807) is 7.11 Å². The van der Waals surface area contributed by atoms with Gasteiger partial charge in [0.25, 0.3) is 0 Å². The van der Waals surface area contributed by atoms with Crippen LogP contribution in [0.3, 0.4) is 0 Å². The molecule has 0 aliphatic heterocycles. The number of rotatable bonds is 8. The van der Waals surface area contributed by atoms with Gasteiger partial charge in [-0.3, -0.25) is 9.59 Å². The van der Waals surface area contributed by atoms with Crippen LogP contribution in [0.4, 0.5) is 5.13 Å². The second-order valence-corrected chi connectivity index (χ2v) is 7.29. The molecule has 0 fully saturated rings. The molecule has 3 N–H and O–H groups in total. The third-order valence-corrected chi connectivity index (χ3v) is 5.60. The number of ether oxygens (including phenoxy) is 1. The molecule has 0 spiro atoms. The molecule has 0 saturated heterocycles. The number of carbonyl (C=O) groups is 2. The van der Waals surface area contributed by atoms with Crippen LogP contribution in [0.1, 0.15) is 17.7 Å². The summed E-state index contributed by atoms with van der Waals surface area (Å²) in [5, 5.41) is 3.34. The number of thioether (sulfide) groups is 1. The Kier molecular flexibility index (Phi) is 6.62. The van der Waals surface area contributed by atoms with Crippen molar-refractivity contribution in [2.24, 2.45) is 5.73 Å². The molecule has 1 aromatic heterocycles. The molecule has 0 aliphatic rings. The second kappa shape index (κ2) is 8.70. The van der Waals surface area contributed by atoms with Crippen LogP contribution in [-0.2, 0) is 16.0 Å². The number of hydrogen-bond acceptors (Lipinski definition) is 6. The summed E-state index contributed by atoms with van der Waals surface area (Å²) in [5.74, 6) is 0.528. The molecule has 0 radical (unpaired) electrons. The van der Waals surface area contributed by atoms with E-state index in [0.29, 0.717) is 18.0 Å². The van der Waals surface area contributed by atoms with Crippen LogP contribution < -0.4 is 15.8 Å². The summed E-state index contributed by atoms with van der Waals surface area (Å²) < 4.78 is 5.99. The average molecular weight is 365 g/mol. The third kappa shape index (κ3) is 5.54. The molecular formula is C16H19N3O3S2. The molecule has 24 heavy (non-hydrogen) atoms. The van der Waals surface area contributed by atoms with Crippen molar-refractivity contribution in [3.63, 3.8) is 0 Å². The molecule has 0 unspecified atom stereocenters. The van der Waals surface area contributed by atoms with Gasteiger partial charge >= 0.3 is 0 Å². The van der Waals surface area contributed by atoms with Gasteiger partial charge in [-0.2, -0.15) is 0 Å². The number of amides is 2. The fourth-order valence-electron chi connectivity index (χ4n) is 1.94. The highest BCUT2D eigenvalue weighted by molar-refractivity contribution is 8.01. The molecule has 0 saturated carbocycles. The number of nitrogens with zero attached hydrogens (tertiary/aromatic N) is 1. The van der Waals surface area contributed by atoms with Crippen LogP contribution in [-0.4, -0.2) is 29.7 Å². The number of aromatic nitrogens is 1. The quantitative estimate of drug-likeness (QED) is 0.701. The Hall–Kier alpha value is -2.06. The topological polar surface area (TPSA) is 94.3 Å². The van der Waals surface area contributed by atoms with Crippen molar-refractivity contribution in [1.82, 2.24) is 4.98 Å². The van der Waals surface area contributed by atoms with Crippen molar-refractivity contribution < 1.29 is 14.3 Å². The number of hydrogen-bond donors (Lipinski definition) is 2. The van der Waals surface area contributed by atoms with E-state index < -0.39 is 0 Å². The minimum Gasteiger partial charge on any atom is -0.497 e. The molecule has 8 heteroatoms. The fraction of sp³-hybridized carbons (Fsp3) is 0.312. The molecule has 0 aliphatic carbocycles. The monoisotopic (exact) mass is 365 g/mol. The van der Waals surface area contributed by atoms with Gasteiger partial charge in [0.2, 0.25) is 11.8 Å². The van der Waals surface area contributed by atoms with Gasteiger partial charge in [-0.05, 0) is 31.0 Å². The number of thiazole rings is 1. The van der Waals surface area contributed by atoms with E-state index in [4.69, 9.17) is 10.5 Å². The molecule has 1 heterocycles. The van der Waals surface area contributed by atoms with Crippen LogP contribution in [0.25, 0.3) is 0 Å². The van der Waals surface area contributed by atoms with E-state index in [1.807, 2.05) is 31.2 Å². The summed E-state index contributed by atoms with van der Waals surface area (Å²) in [6, 6.07) is 7.63. The van der Waals surface area contributed by atoms with Crippen LogP contribution in [0, 0.1) is 6.92 Å². The minimum absolute atomic E-state index is 0.0916. The molecule has 2 amide bonds. The highest BCUT2D eigenvalue weighted by Gasteiger charge is 2.12. The van der Waals surface area contributed by atoms with Gasteiger partial charge in [-0.25, -0.2) is 4.98 Å². The van der Waals surface area contributed by atoms with Crippen LogP contribution in [0.5, 0.6) is 5.75 Å². The zero-order valence-corrected chi connectivity index (χ0v) is 15.1. The van der Waals surface area contributed by atoms with Gasteiger partial charge in [0.15, 0.2) is 5.13 Å². The van der Waals surface area contributed by atoms with E-state index in [-0.39, 0.29) is 17.6 Å². The van der Waals surface area contributed by atoms with Gasteiger partial charge in [-0.1, -0.05) is 23.5 Å². The Labute approximate surface area is 148 Å². The van der Waals surface area contributed by atoms with Gasteiger partial charge in [0, 0.05) is 6.42 Å². The van der Waals surface area contributed by atoms with Crippen LogP contribution in [0.2, 0.25) is 0 Å². The average Bonchev–Trinajstić information content (AvgIpc) is 2.91. The molecule has 0 bridgehead atoms. The summed E-state index contributed by atoms with van der Waals surface area (Å²) >= 11 is 2.69. The second-order valence-electron chi connectivity index (χ2n) is 5.04. The lowest BCUT2D eigenvalue weighted by Crippen LogP contribution is -2.12. The van der Waals surface area contributed by atoms with Crippen molar-refractivity contribution in [3.8, 4) is 5.75 Å². The predicted octanol–water partition coefficient (Wildman–Crippen LogP) is 2.61. The SMILES string of the molecule is COc1ccc(CCC(=O)Nc2nc(C)c(SCC(N)=O)s2)cc1. The van der Waals surface area contributed by atoms with E-state index in [1.165, 1.54) is 23.1 Å². The normalized spacial score (nSPS) is 10.4. The first-order valence-corrected chi connectivity index (χ1v) is 9.09. The van der Waals surface area contributed by atoms with Crippen LogP contribution >= 0.6 is 23.1 Å². The van der Waals surface area contributed by atoms with E-state index in [0.717, 1.165) is 21.2 Å². The Morgan fingerprint density at radius 1 is 1.33 bits per heavy atom. The summed E-state index contributed by atoms with van der Waals surface area (Å²) in [7, 11) is 1.62. The number of methoxy groups -OCH3 is 1. The van der Waals surface area contributed by atoms with Crippen molar-refractivity contribution in [1.29, 1.82) is 0 Å². The highest BCUT2D eigenvalue weighted by Crippen LogP contribution is 2.31. The first-order chi connectivity index (χ1) is 11.5. The number of primary amides is 1. The van der Waals surface area contributed by atoms with Gasteiger partial charge in [0.05, 0.1) is 22.8 Å². The van der Waals surface area contributed by atoms with Crippen molar-refractivity contribution >= 4 is 40.0 Å². The maximum atomic E-state index is 12.0. The number of nitrogens with two attached hydrogens (primary N) is 1. The maximum absolute atomic E-state index is 12.0. The standard InChI is InChI=1S/C16H19N3O3S2/c1-10-15(23-9-13(17)20)24-16(18-10)19-14(21)8-5-11-3-6-12(22-2)7-4-11/h3-4,6-7H,5,8-9H2,1-2H3,(H2,17,20)(H,18,19,21). The number of aryl methyl sites for hydroxylation is 2. The van der Waals surface area contributed by atoms with Crippen LogP contribution in [0.15, 0.2) is 28.5 Å². The molecular weight excluding hydrogens is 346 g/mol. The summed E-state index contributed by atoms with van der Waals surface area (Å²) in [4.78, 5) is 27.2. The highest BCUT2D eigenvalue weighted by atomic mass is 32.2. The number of benzene rings is 1. The smallest absolute Gasteiger partial charge is 0.227 e. The maximum Gasteiger partial charge on any atom is 0.227 e. The summed E-state index contributed by atoms with van der Waals surface area (Å²) in [6.45, 7) is 1.84. The van der Waals surface area contributed by atoms with Gasteiger partial charge in [0.1, 0.15) is 5.75 Å². The minimum atomic E-state index is -0.377. The van der Waals surface area contributed by atoms with E-state index in [2.05, 4.69) is 10.3 Å². The molecule has 6 nitrogen and oxygen atoms in total. The Balaban J connectivity index is 1.85. The molecule has 2 aromatic rings. The molecule has 1 aromatic carbocycles. The predicted molar refractivity (Wildman–Crippen MR) is 96.7 cm³/mol. The fourth-order valence-corrected chi connectivity index (χ4v) is 3.83.